The number of benzene rings is 2. The zero-order chi connectivity index (χ0) is 20.9. The maximum Gasteiger partial charge on any atom is 0.243 e. The molecule has 0 atom stereocenters. The first-order chi connectivity index (χ1) is 13.2. The SMILES string of the molecule is CCCN(CC(=O)Nc1ccccc1C)S(=O)(=O)c1cc(C)c(OC)c(C)c1. The summed E-state index contributed by atoms with van der Waals surface area (Å²) in [5.41, 5.74) is 3.07. The van der Waals surface area contributed by atoms with E-state index in [1.54, 1.807) is 39.2 Å². The van der Waals surface area contributed by atoms with Crippen LogP contribution < -0.4 is 10.1 Å². The average Bonchev–Trinajstić information content (AvgIpc) is 2.63. The van der Waals surface area contributed by atoms with Gasteiger partial charge in [0.15, 0.2) is 0 Å². The highest BCUT2D eigenvalue weighted by Gasteiger charge is 2.27. The molecule has 152 valence electrons. The van der Waals surface area contributed by atoms with Crippen LogP contribution in [-0.2, 0) is 14.8 Å². The third-order valence-electron chi connectivity index (χ3n) is 4.49. The van der Waals surface area contributed by atoms with Gasteiger partial charge in [0.25, 0.3) is 0 Å². The van der Waals surface area contributed by atoms with Crippen LogP contribution in [0.15, 0.2) is 41.3 Å². The lowest BCUT2D eigenvalue weighted by molar-refractivity contribution is -0.116. The van der Waals surface area contributed by atoms with E-state index in [0.717, 1.165) is 16.7 Å². The summed E-state index contributed by atoms with van der Waals surface area (Å²) < 4.78 is 32.9. The highest BCUT2D eigenvalue weighted by Crippen LogP contribution is 2.28. The molecule has 6 nitrogen and oxygen atoms in total. The van der Waals surface area contributed by atoms with Gasteiger partial charge in [0.05, 0.1) is 18.6 Å². The van der Waals surface area contributed by atoms with E-state index < -0.39 is 10.0 Å². The largest absolute Gasteiger partial charge is 0.496 e. The van der Waals surface area contributed by atoms with Gasteiger partial charge in [-0.3, -0.25) is 4.79 Å². The molecule has 1 amide bonds. The number of hydrogen-bond donors (Lipinski definition) is 1. The van der Waals surface area contributed by atoms with Crippen LogP contribution in [0.25, 0.3) is 0 Å². The number of carbonyl (C=O) groups excluding carboxylic acids is 1. The van der Waals surface area contributed by atoms with Gasteiger partial charge >= 0.3 is 0 Å². The summed E-state index contributed by atoms with van der Waals surface area (Å²) in [4.78, 5) is 12.7. The topological polar surface area (TPSA) is 75.7 Å². The van der Waals surface area contributed by atoms with Gasteiger partial charge in [0.2, 0.25) is 15.9 Å². The van der Waals surface area contributed by atoms with Crippen molar-refractivity contribution in [1.82, 2.24) is 4.31 Å². The Bertz CT molecular complexity index is 932. The summed E-state index contributed by atoms with van der Waals surface area (Å²) in [7, 11) is -2.26. The number of nitrogens with one attached hydrogen (secondary N) is 1. The number of para-hydroxylation sites is 1. The molecule has 0 saturated carbocycles. The lowest BCUT2D eigenvalue weighted by atomic mass is 10.1. The standard InChI is InChI=1S/C21H28N2O4S/c1-6-11-23(14-20(24)22-19-10-8-7-9-15(19)2)28(25,26)18-12-16(3)21(27-5)17(4)13-18/h7-10,12-13H,6,11,14H2,1-5H3,(H,22,24). The van der Waals surface area contributed by atoms with E-state index in [0.29, 0.717) is 17.9 Å². The second-order valence-electron chi connectivity index (χ2n) is 6.79. The molecule has 0 saturated heterocycles. The van der Waals surface area contributed by atoms with Crippen LogP contribution in [0.2, 0.25) is 0 Å². The fourth-order valence-electron chi connectivity index (χ4n) is 3.13. The monoisotopic (exact) mass is 404 g/mol. The summed E-state index contributed by atoms with van der Waals surface area (Å²) in [6.07, 6.45) is 0.602. The van der Waals surface area contributed by atoms with Crippen LogP contribution in [0.3, 0.4) is 0 Å². The number of aryl methyl sites for hydroxylation is 3. The highest BCUT2D eigenvalue weighted by molar-refractivity contribution is 7.89. The molecular weight excluding hydrogens is 376 g/mol. The molecule has 0 aliphatic rings. The molecule has 0 aliphatic heterocycles. The predicted octanol–water partition coefficient (Wildman–Crippen LogP) is 3.66. The Kier molecular flexibility index (Phi) is 7.21. The fraction of sp³-hybridized carbons (Fsp3) is 0.381. The first kappa shape index (κ1) is 21.9. The molecule has 7 heteroatoms. The number of carbonyl (C=O) groups is 1. The molecule has 0 fully saturated rings. The van der Waals surface area contributed by atoms with Gasteiger partial charge in [-0.1, -0.05) is 25.1 Å². The molecular formula is C21H28N2O4S. The summed E-state index contributed by atoms with van der Waals surface area (Å²) in [6, 6.07) is 10.6. The Hall–Kier alpha value is -2.38. The molecule has 2 aromatic rings. The van der Waals surface area contributed by atoms with E-state index in [-0.39, 0.29) is 23.9 Å². The Morgan fingerprint density at radius 3 is 2.21 bits per heavy atom. The number of hydrogen-bond acceptors (Lipinski definition) is 4. The molecule has 0 bridgehead atoms. The second-order valence-corrected chi connectivity index (χ2v) is 8.73. The van der Waals surface area contributed by atoms with Gasteiger partial charge < -0.3 is 10.1 Å². The molecule has 0 radical (unpaired) electrons. The Balaban J connectivity index is 2.29. The van der Waals surface area contributed by atoms with Crippen molar-refractivity contribution < 1.29 is 17.9 Å². The van der Waals surface area contributed by atoms with Crippen molar-refractivity contribution >= 4 is 21.6 Å². The third-order valence-corrected chi connectivity index (χ3v) is 6.31. The molecule has 1 N–H and O–H groups in total. The number of ether oxygens (including phenoxy) is 1. The third kappa shape index (κ3) is 4.91. The molecule has 2 aromatic carbocycles. The Labute approximate surface area is 167 Å². The fourth-order valence-corrected chi connectivity index (χ4v) is 4.79. The van der Waals surface area contributed by atoms with Crippen molar-refractivity contribution in [3.8, 4) is 5.75 Å². The van der Waals surface area contributed by atoms with E-state index in [1.807, 2.05) is 32.0 Å². The van der Waals surface area contributed by atoms with Gasteiger partial charge in [0.1, 0.15) is 5.75 Å². The van der Waals surface area contributed by atoms with Crippen LogP contribution in [-0.4, -0.2) is 38.8 Å². The number of nitrogens with zero attached hydrogens (tertiary/aromatic N) is 1. The number of methoxy groups -OCH3 is 1. The first-order valence-corrected chi connectivity index (χ1v) is 10.7. The first-order valence-electron chi connectivity index (χ1n) is 9.21. The van der Waals surface area contributed by atoms with Crippen molar-refractivity contribution in [2.45, 2.75) is 39.0 Å². The minimum atomic E-state index is -3.81. The summed E-state index contributed by atoms with van der Waals surface area (Å²) in [5.74, 6) is 0.298. The van der Waals surface area contributed by atoms with Crippen LogP contribution in [0.5, 0.6) is 5.75 Å². The number of amides is 1. The van der Waals surface area contributed by atoms with Crippen LogP contribution in [0.1, 0.15) is 30.0 Å². The van der Waals surface area contributed by atoms with Crippen molar-refractivity contribution in [1.29, 1.82) is 0 Å². The van der Waals surface area contributed by atoms with Crippen molar-refractivity contribution in [2.75, 3.05) is 25.5 Å². The van der Waals surface area contributed by atoms with Crippen LogP contribution in [0.4, 0.5) is 5.69 Å². The van der Waals surface area contributed by atoms with Crippen molar-refractivity contribution in [2.24, 2.45) is 0 Å². The van der Waals surface area contributed by atoms with Crippen molar-refractivity contribution in [3.05, 3.63) is 53.1 Å². The Morgan fingerprint density at radius 1 is 1.07 bits per heavy atom. The van der Waals surface area contributed by atoms with E-state index in [4.69, 9.17) is 4.74 Å². The van der Waals surface area contributed by atoms with E-state index in [1.165, 1.54) is 4.31 Å². The molecule has 0 aromatic heterocycles. The van der Waals surface area contributed by atoms with Gasteiger partial charge in [-0.2, -0.15) is 4.31 Å². The van der Waals surface area contributed by atoms with E-state index in [2.05, 4.69) is 5.32 Å². The minimum absolute atomic E-state index is 0.167. The zero-order valence-electron chi connectivity index (χ0n) is 17.1. The van der Waals surface area contributed by atoms with E-state index in [9.17, 15) is 13.2 Å². The number of sulfonamides is 1. The molecule has 2 rings (SSSR count). The number of anilines is 1. The molecule has 0 aliphatic carbocycles. The molecule has 28 heavy (non-hydrogen) atoms. The van der Waals surface area contributed by atoms with Gasteiger partial charge in [-0.05, 0) is 62.1 Å². The highest BCUT2D eigenvalue weighted by atomic mass is 32.2. The minimum Gasteiger partial charge on any atom is -0.496 e. The lowest BCUT2D eigenvalue weighted by Gasteiger charge is -2.22. The van der Waals surface area contributed by atoms with Crippen LogP contribution in [0, 0.1) is 20.8 Å². The van der Waals surface area contributed by atoms with E-state index >= 15 is 0 Å². The summed E-state index contributed by atoms with van der Waals surface area (Å²) in [6.45, 7) is 7.40. The predicted molar refractivity (Wildman–Crippen MR) is 111 cm³/mol. The maximum atomic E-state index is 13.2. The smallest absolute Gasteiger partial charge is 0.243 e. The summed E-state index contributed by atoms with van der Waals surface area (Å²) >= 11 is 0. The second kappa shape index (κ2) is 9.21. The molecule has 0 spiro atoms. The van der Waals surface area contributed by atoms with Crippen molar-refractivity contribution in [3.63, 3.8) is 0 Å². The lowest BCUT2D eigenvalue weighted by Crippen LogP contribution is -2.38. The quantitative estimate of drug-likeness (QED) is 0.728. The normalized spacial score (nSPS) is 11.5. The zero-order valence-corrected chi connectivity index (χ0v) is 17.9. The van der Waals surface area contributed by atoms with Gasteiger partial charge in [-0.25, -0.2) is 8.42 Å². The molecule has 0 unspecified atom stereocenters. The van der Waals surface area contributed by atoms with Crippen LogP contribution >= 0.6 is 0 Å². The average molecular weight is 405 g/mol. The maximum absolute atomic E-state index is 13.2. The van der Waals surface area contributed by atoms with Gasteiger partial charge in [0, 0.05) is 12.2 Å². The van der Waals surface area contributed by atoms with Gasteiger partial charge in [-0.15, -0.1) is 0 Å². The number of rotatable bonds is 8. The Morgan fingerprint density at radius 2 is 1.68 bits per heavy atom. The summed E-state index contributed by atoms with van der Waals surface area (Å²) in [5, 5.41) is 2.80. The molecule has 0 heterocycles.